The number of carbonyl (C=O) groups is 1. The molecule has 1 amide bonds. The molecule has 0 aliphatic rings. The third-order valence-electron chi connectivity index (χ3n) is 2.56. The molecule has 0 spiro atoms. The number of methoxy groups -OCH3 is 1. The van der Waals surface area contributed by atoms with Crippen LogP contribution in [0.3, 0.4) is 0 Å². The van der Waals surface area contributed by atoms with Gasteiger partial charge in [0.2, 0.25) is 5.91 Å². The van der Waals surface area contributed by atoms with E-state index in [0.717, 1.165) is 0 Å². The molecule has 0 atom stereocenters. The van der Waals surface area contributed by atoms with Gasteiger partial charge in [-0.15, -0.1) is 0 Å². The summed E-state index contributed by atoms with van der Waals surface area (Å²) in [5, 5.41) is 6.88. The van der Waals surface area contributed by atoms with E-state index in [1.54, 1.807) is 21.0 Å². The average molecular weight is 333 g/mol. The van der Waals surface area contributed by atoms with Crippen molar-refractivity contribution in [3.8, 4) is 0 Å². The second-order valence-electron chi connectivity index (χ2n) is 4.51. The smallest absolute Gasteiger partial charge is 0.283 e. The maximum Gasteiger partial charge on any atom is 0.283 e. The highest BCUT2D eigenvalue weighted by Crippen LogP contribution is 2.20. The summed E-state index contributed by atoms with van der Waals surface area (Å²) < 4.78 is 6.46. The highest BCUT2D eigenvalue weighted by molar-refractivity contribution is 9.10. The Morgan fingerprint density at radius 3 is 2.79 bits per heavy atom. The van der Waals surface area contributed by atoms with E-state index >= 15 is 0 Å². The van der Waals surface area contributed by atoms with Gasteiger partial charge in [-0.1, -0.05) is 0 Å². The molecule has 0 saturated carbocycles. The van der Waals surface area contributed by atoms with Gasteiger partial charge in [0, 0.05) is 7.11 Å². The number of nitrogens with two attached hydrogens (primary N) is 1. The third-order valence-corrected chi connectivity index (χ3v) is 3.32. The lowest BCUT2D eigenvalue weighted by Gasteiger charge is -2.24. The van der Waals surface area contributed by atoms with Gasteiger partial charge in [-0.05, 0) is 29.8 Å². The molecular formula is C11H17BrN4O3. The third kappa shape index (κ3) is 3.77. The standard InChI is InChI=1S/C11H17BrN4O3/c1-11(2,10(13)18)15-7-6-14-16(4-5-19-3)9(17)8(7)12/h6,15H,4-5H2,1-3H3,(H2,13,18). The summed E-state index contributed by atoms with van der Waals surface area (Å²) in [7, 11) is 1.55. The molecule has 0 radical (unpaired) electrons. The number of aromatic nitrogens is 2. The first-order valence-corrected chi connectivity index (χ1v) is 6.41. The molecule has 0 fully saturated rings. The van der Waals surface area contributed by atoms with Crippen molar-refractivity contribution in [1.82, 2.24) is 9.78 Å². The van der Waals surface area contributed by atoms with Gasteiger partial charge in [-0.3, -0.25) is 9.59 Å². The molecule has 0 bridgehead atoms. The van der Waals surface area contributed by atoms with E-state index in [0.29, 0.717) is 23.3 Å². The van der Waals surface area contributed by atoms with Gasteiger partial charge in [-0.2, -0.15) is 5.10 Å². The summed E-state index contributed by atoms with van der Waals surface area (Å²) in [4.78, 5) is 23.2. The van der Waals surface area contributed by atoms with Crippen molar-refractivity contribution in [3.63, 3.8) is 0 Å². The molecule has 0 aliphatic heterocycles. The van der Waals surface area contributed by atoms with Crippen molar-refractivity contribution in [2.45, 2.75) is 25.9 Å². The molecule has 7 nitrogen and oxygen atoms in total. The Balaban J connectivity index is 3.03. The lowest BCUT2D eigenvalue weighted by atomic mass is 10.1. The Kier molecular flexibility index (Phi) is 5.07. The minimum absolute atomic E-state index is 0.299. The zero-order chi connectivity index (χ0) is 14.6. The number of rotatable bonds is 6. The zero-order valence-corrected chi connectivity index (χ0v) is 12.7. The number of hydrogen-bond donors (Lipinski definition) is 2. The number of nitrogens with one attached hydrogen (secondary N) is 1. The lowest BCUT2D eigenvalue weighted by molar-refractivity contribution is -0.121. The zero-order valence-electron chi connectivity index (χ0n) is 11.1. The van der Waals surface area contributed by atoms with Crippen molar-refractivity contribution in [1.29, 1.82) is 0 Å². The Hall–Kier alpha value is -1.41. The molecule has 3 N–H and O–H groups in total. The summed E-state index contributed by atoms with van der Waals surface area (Å²) in [6.45, 7) is 3.99. The van der Waals surface area contributed by atoms with Gasteiger partial charge < -0.3 is 15.8 Å². The lowest BCUT2D eigenvalue weighted by Crippen LogP contribution is -2.45. The molecule has 1 rings (SSSR count). The van der Waals surface area contributed by atoms with Crippen LogP contribution in [-0.2, 0) is 16.1 Å². The number of carbonyl (C=O) groups excluding carboxylic acids is 1. The molecule has 0 aliphatic carbocycles. The quantitative estimate of drug-likeness (QED) is 0.781. The molecule has 0 saturated heterocycles. The minimum Gasteiger partial charge on any atom is -0.383 e. The van der Waals surface area contributed by atoms with Crippen molar-refractivity contribution in [3.05, 3.63) is 21.0 Å². The predicted octanol–water partition coefficient (Wildman–Crippen LogP) is 0.328. The van der Waals surface area contributed by atoms with Gasteiger partial charge >= 0.3 is 0 Å². The van der Waals surface area contributed by atoms with E-state index in [9.17, 15) is 9.59 Å². The molecule has 19 heavy (non-hydrogen) atoms. The highest BCUT2D eigenvalue weighted by Gasteiger charge is 2.26. The first-order valence-electron chi connectivity index (χ1n) is 5.62. The van der Waals surface area contributed by atoms with Crippen LogP contribution in [0.15, 0.2) is 15.5 Å². The molecule has 0 unspecified atom stereocenters. The van der Waals surface area contributed by atoms with E-state index in [1.165, 1.54) is 10.9 Å². The molecule has 1 aromatic heterocycles. The van der Waals surface area contributed by atoms with Gasteiger partial charge in [0.25, 0.3) is 5.56 Å². The Morgan fingerprint density at radius 2 is 2.26 bits per heavy atom. The van der Waals surface area contributed by atoms with E-state index < -0.39 is 11.4 Å². The van der Waals surface area contributed by atoms with Crippen LogP contribution in [0.25, 0.3) is 0 Å². The van der Waals surface area contributed by atoms with E-state index in [2.05, 4.69) is 26.3 Å². The van der Waals surface area contributed by atoms with Crippen LogP contribution in [-0.4, -0.2) is 34.9 Å². The second kappa shape index (κ2) is 6.16. The highest BCUT2D eigenvalue weighted by atomic mass is 79.9. The molecular weight excluding hydrogens is 316 g/mol. The van der Waals surface area contributed by atoms with E-state index in [4.69, 9.17) is 10.5 Å². The largest absolute Gasteiger partial charge is 0.383 e. The van der Waals surface area contributed by atoms with E-state index in [-0.39, 0.29) is 5.56 Å². The maximum absolute atomic E-state index is 12.0. The first kappa shape index (κ1) is 15.6. The van der Waals surface area contributed by atoms with Crippen molar-refractivity contribution in [2.24, 2.45) is 5.73 Å². The average Bonchev–Trinajstić information content (AvgIpc) is 2.34. The number of nitrogens with zero attached hydrogens (tertiary/aromatic N) is 2. The fourth-order valence-corrected chi connectivity index (χ4v) is 1.69. The number of amides is 1. The van der Waals surface area contributed by atoms with Crippen LogP contribution < -0.4 is 16.6 Å². The van der Waals surface area contributed by atoms with Crippen LogP contribution in [0.5, 0.6) is 0 Å². The van der Waals surface area contributed by atoms with Gasteiger partial charge in [-0.25, -0.2) is 4.68 Å². The van der Waals surface area contributed by atoms with Gasteiger partial charge in [0.05, 0.1) is 25.0 Å². The number of primary amides is 1. The summed E-state index contributed by atoms with van der Waals surface area (Å²) in [5.74, 6) is -0.525. The molecule has 1 heterocycles. The molecule has 106 valence electrons. The predicted molar refractivity (Wildman–Crippen MR) is 75.0 cm³/mol. The SMILES string of the molecule is COCCn1ncc(NC(C)(C)C(N)=O)c(Br)c1=O. The number of halogens is 1. The molecule has 8 heteroatoms. The van der Waals surface area contributed by atoms with Crippen LogP contribution >= 0.6 is 15.9 Å². The van der Waals surface area contributed by atoms with E-state index in [1.807, 2.05) is 0 Å². The number of ether oxygens (including phenoxy) is 1. The van der Waals surface area contributed by atoms with Gasteiger partial charge in [0.1, 0.15) is 10.0 Å². The van der Waals surface area contributed by atoms with Crippen LogP contribution in [0.2, 0.25) is 0 Å². The molecule has 1 aromatic rings. The fourth-order valence-electron chi connectivity index (χ4n) is 1.29. The fraction of sp³-hybridized carbons (Fsp3) is 0.545. The Bertz CT molecular complexity index is 527. The molecule has 0 aromatic carbocycles. The summed E-state index contributed by atoms with van der Waals surface area (Å²) in [5.41, 5.74) is 4.40. The van der Waals surface area contributed by atoms with Crippen LogP contribution in [0.1, 0.15) is 13.8 Å². The Morgan fingerprint density at radius 1 is 1.63 bits per heavy atom. The summed E-state index contributed by atoms with van der Waals surface area (Å²) in [6.07, 6.45) is 1.46. The maximum atomic E-state index is 12.0. The first-order chi connectivity index (χ1) is 8.79. The topological polar surface area (TPSA) is 99.2 Å². The second-order valence-corrected chi connectivity index (χ2v) is 5.30. The van der Waals surface area contributed by atoms with Crippen LogP contribution in [0, 0.1) is 0 Å². The number of hydrogen-bond acceptors (Lipinski definition) is 5. The summed E-state index contributed by atoms with van der Waals surface area (Å²) >= 11 is 3.20. The number of anilines is 1. The van der Waals surface area contributed by atoms with Crippen LogP contribution in [0.4, 0.5) is 5.69 Å². The van der Waals surface area contributed by atoms with Crippen molar-refractivity contribution in [2.75, 3.05) is 19.0 Å². The van der Waals surface area contributed by atoms with Crippen molar-refractivity contribution >= 4 is 27.5 Å². The van der Waals surface area contributed by atoms with Gasteiger partial charge in [0.15, 0.2) is 0 Å². The normalized spacial score (nSPS) is 11.4. The Labute approximate surface area is 119 Å². The monoisotopic (exact) mass is 332 g/mol. The minimum atomic E-state index is -0.977. The van der Waals surface area contributed by atoms with Crippen molar-refractivity contribution < 1.29 is 9.53 Å². The summed E-state index contributed by atoms with van der Waals surface area (Å²) in [6, 6.07) is 0.